The van der Waals surface area contributed by atoms with Gasteiger partial charge < -0.3 is 15.7 Å². The van der Waals surface area contributed by atoms with Crippen molar-refractivity contribution in [3.8, 4) is 0 Å². The van der Waals surface area contributed by atoms with Gasteiger partial charge in [-0.25, -0.2) is 9.18 Å². The summed E-state index contributed by atoms with van der Waals surface area (Å²) in [6, 6.07) is 5.80. The lowest BCUT2D eigenvalue weighted by atomic mass is 9.86. The summed E-state index contributed by atoms with van der Waals surface area (Å²) in [6.07, 6.45) is 2.47. The van der Waals surface area contributed by atoms with Crippen LogP contribution in [0.2, 0.25) is 0 Å². The molecule has 0 atom stereocenters. The zero-order valence-electron chi connectivity index (χ0n) is 13.4. The highest BCUT2D eigenvalue weighted by atomic mass is 19.1. The fourth-order valence-corrected chi connectivity index (χ4v) is 2.94. The first-order chi connectivity index (χ1) is 10.8. The third-order valence-electron chi connectivity index (χ3n) is 4.38. The number of rotatable bonds is 4. The van der Waals surface area contributed by atoms with Crippen molar-refractivity contribution in [3.05, 3.63) is 35.6 Å². The Bertz CT molecular complexity index is 581. The van der Waals surface area contributed by atoms with Crippen molar-refractivity contribution in [2.24, 2.45) is 5.92 Å². The highest BCUT2D eigenvalue weighted by molar-refractivity contribution is 5.75. The highest BCUT2D eigenvalue weighted by Crippen LogP contribution is 2.25. The Labute approximate surface area is 135 Å². The van der Waals surface area contributed by atoms with Crippen molar-refractivity contribution in [3.63, 3.8) is 0 Å². The number of carboxylic acids is 1. The van der Waals surface area contributed by atoms with E-state index in [9.17, 15) is 14.0 Å². The van der Waals surface area contributed by atoms with E-state index in [4.69, 9.17) is 5.11 Å². The SMILES string of the molecule is CC(C)(NC(=O)NC1CCC(C(=O)O)CC1)c1cccc(F)c1. The summed E-state index contributed by atoms with van der Waals surface area (Å²) in [5.41, 5.74) is -0.0213. The molecule has 1 fully saturated rings. The number of halogens is 1. The molecule has 0 bridgehead atoms. The van der Waals surface area contributed by atoms with E-state index >= 15 is 0 Å². The molecule has 3 N–H and O–H groups in total. The van der Waals surface area contributed by atoms with Gasteiger partial charge in [-0.2, -0.15) is 0 Å². The standard InChI is InChI=1S/C17H23FN2O3/c1-17(2,12-4-3-5-13(18)10-12)20-16(23)19-14-8-6-11(7-9-14)15(21)22/h3-5,10-11,14H,6-9H2,1-2H3,(H,21,22)(H2,19,20,23). The Balaban J connectivity index is 1.88. The normalized spacial score (nSPS) is 21.5. The topological polar surface area (TPSA) is 78.4 Å². The van der Waals surface area contributed by atoms with Crippen molar-refractivity contribution in [2.45, 2.75) is 51.1 Å². The van der Waals surface area contributed by atoms with Gasteiger partial charge in [0.15, 0.2) is 0 Å². The predicted octanol–water partition coefficient (Wildman–Crippen LogP) is 3.00. The summed E-state index contributed by atoms with van der Waals surface area (Å²) in [5, 5.41) is 14.7. The van der Waals surface area contributed by atoms with E-state index in [2.05, 4.69) is 10.6 Å². The molecular weight excluding hydrogens is 299 g/mol. The van der Waals surface area contributed by atoms with Gasteiger partial charge in [0.25, 0.3) is 0 Å². The average molecular weight is 322 g/mol. The molecule has 0 spiro atoms. The van der Waals surface area contributed by atoms with E-state index in [0.29, 0.717) is 31.2 Å². The van der Waals surface area contributed by atoms with Crippen LogP contribution in [-0.2, 0) is 10.3 Å². The van der Waals surface area contributed by atoms with Crippen LogP contribution < -0.4 is 10.6 Å². The molecular formula is C17H23FN2O3. The lowest BCUT2D eigenvalue weighted by Crippen LogP contribution is -2.50. The number of aliphatic carboxylic acids is 1. The van der Waals surface area contributed by atoms with Crippen LogP contribution in [0.5, 0.6) is 0 Å². The van der Waals surface area contributed by atoms with Crippen molar-refractivity contribution in [1.29, 1.82) is 0 Å². The molecule has 0 unspecified atom stereocenters. The minimum absolute atomic E-state index is 0.0195. The number of carbonyl (C=O) groups is 2. The number of amides is 2. The Morgan fingerprint density at radius 2 is 1.87 bits per heavy atom. The van der Waals surface area contributed by atoms with E-state index < -0.39 is 11.5 Å². The molecule has 1 aliphatic rings. The second-order valence-corrected chi connectivity index (χ2v) is 6.62. The number of hydrogen-bond donors (Lipinski definition) is 3. The number of nitrogens with one attached hydrogen (secondary N) is 2. The molecule has 1 saturated carbocycles. The van der Waals surface area contributed by atoms with E-state index in [0.717, 1.165) is 0 Å². The summed E-state index contributed by atoms with van der Waals surface area (Å²) in [4.78, 5) is 23.1. The minimum atomic E-state index is -0.764. The second kappa shape index (κ2) is 6.98. The van der Waals surface area contributed by atoms with Crippen LogP contribution in [0.15, 0.2) is 24.3 Å². The summed E-state index contributed by atoms with van der Waals surface area (Å²) in [6.45, 7) is 3.62. The lowest BCUT2D eigenvalue weighted by Gasteiger charge is -2.31. The molecule has 2 amide bonds. The second-order valence-electron chi connectivity index (χ2n) is 6.62. The Morgan fingerprint density at radius 3 is 2.43 bits per heavy atom. The number of benzene rings is 1. The molecule has 0 heterocycles. The molecule has 0 saturated heterocycles. The van der Waals surface area contributed by atoms with Crippen molar-refractivity contribution >= 4 is 12.0 Å². The first-order valence-electron chi connectivity index (χ1n) is 7.85. The van der Waals surface area contributed by atoms with Crippen LogP contribution in [0.1, 0.15) is 45.1 Å². The van der Waals surface area contributed by atoms with Gasteiger partial charge in [0.05, 0.1) is 11.5 Å². The van der Waals surface area contributed by atoms with Crippen molar-refractivity contribution in [2.75, 3.05) is 0 Å². The van der Waals surface area contributed by atoms with E-state index in [-0.39, 0.29) is 23.8 Å². The number of carbonyl (C=O) groups excluding carboxylic acids is 1. The predicted molar refractivity (Wildman–Crippen MR) is 84.5 cm³/mol. The Kier molecular flexibility index (Phi) is 5.23. The van der Waals surface area contributed by atoms with Gasteiger partial charge in [0.1, 0.15) is 5.82 Å². The van der Waals surface area contributed by atoms with Gasteiger partial charge in [-0.3, -0.25) is 4.79 Å². The molecule has 0 aliphatic heterocycles. The van der Waals surface area contributed by atoms with E-state index in [1.54, 1.807) is 12.1 Å². The lowest BCUT2D eigenvalue weighted by molar-refractivity contribution is -0.142. The Morgan fingerprint density at radius 1 is 1.22 bits per heavy atom. The molecule has 6 heteroatoms. The smallest absolute Gasteiger partial charge is 0.315 e. The maximum Gasteiger partial charge on any atom is 0.315 e. The first-order valence-corrected chi connectivity index (χ1v) is 7.85. The Hall–Kier alpha value is -2.11. The third kappa shape index (κ3) is 4.68. The monoisotopic (exact) mass is 322 g/mol. The molecule has 2 rings (SSSR count). The summed E-state index contributed by atoms with van der Waals surface area (Å²) >= 11 is 0. The number of urea groups is 1. The van der Waals surface area contributed by atoms with Gasteiger partial charge in [0, 0.05) is 6.04 Å². The fourth-order valence-electron chi connectivity index (χ4n) is 2.94. The fraction of sp³-hybridized carbons (Fsp3) is 0.529. The zero-order valence-corrected chi connectivity index (χ0v) is 13.4. The molecule has 126 valence electrons. The van der Waals surface area contributed by atoms with E-state index in [1.165, 1.54) is 12.1 Å². The van der Waals surface area contributed by atoms with Crippen LogP contribution in [0, 0.1) is 11.7 Å². The third-order valence-corrected chi connectivity index (χ3v) is 4.38. The van der Waals surface area contributed by atoms with Gasteiger partial charge >= 0.3 is 12.0 Å². The van der Waals surface area contributed by atoms with Gasteiger partial charge in [-0.15, -0.1) is 0 Å². The largest absolute Gasteiger partial charge is 0.481 e. The summed E-state index contributed by atoms with van der Waals surface area (Å²) in [7, 11) is 0. The van der Waals surface area contributed by atoms with Crippen LogP contribution in [0.25, 0.3) is 0 Å². The highest BCUT2D eigenvalue weighted by Gasteiger charge is 2.28. The summed E-state index contributed by atoms with van der Waals surface area (Å²) in [5.74, 6) is -1.41. The van der Waals surface area contributed by atoms with Crippen molar-refractivity contribution < 1.29 is 19.1 Å². The number of carboxylic acid groups (broad SMARTS) is 1. The van der Waals surface area contributed by atoms with Gasteiger partial charge in [0.2, 0.25) is 0 Å². The van der Waals surface area contributed by atoms with Crippen molar-refractivity contribution in [1.82, 2.24) is 10.6 Å². The molecule has 0 aromatic heterocycles. The minimum Gasteiger partial charge on any atom is -0.481 e. The van der Waals surface area contributed by atoms with Gasteiger partial charge in [-0.1, -0.05) is 12.1 Å². The first kappa shape index (κ1) is 17.2. The molecule has 0 radical (unpaired) electrons. The zero-order chi connectivity index (χ0) is 17.0. The molecule has 1 aromatic carbocycles. The number of hydrogen-bond acceptors (Lipinski definition) is 2. The quantitative estimate of drug-likeness (QED) is 0.797. The van der Waals surface area contributed by atoms with Crippen LogP contribution >= 0.6 is 0 Å². The van der Waals surface area contributed by atoms with Crippen LogP contribution in [0.4, 0.5) is 9.18 Å². The van der Waals surface area contributed by atoms with E-state index in [1.807, 2.05) is 13.8 Å². The molecule has 5 nitrogen and oxygen atoms in total. The molecule has 1 aromatic rings. The maximum atomic E-state index is 13.3. The van der Waals surface area contributed by atoms with Crippen LogP contribution in [0.3, 0.4) is 0 Å². The summed E-state index contributed by atoms with van der Waals surface area (Å²) < 4.78 is 13.3. The maximum absolute atomic E-state index is 13.3. The van der Waals surface area contributed by atoms with Gasteiger partial charge in [-0.05, 0) is 57.2 Å². The van der Waals surface area contributed by atoms with Crippen LogP contribution in [-0.4, -0.2) is 23.1 Å². The molecule has 1 aliphatic carbocycles. The average Bonchev–Trinajstić information content (AvgIpc) is 2.47. The molecule has 23 heavy (non-hydrogen) atoms.